The average Bonchev–Trinajstić information content (AvgIpc) is 3.13. The molecular formula is C21H14N2O4. The molecule has 0 atom stereocenters. The van der Waals surface area contributed by atoms with E-state index in [1.807, 2.05) is 36.4 Å². The number of amides is 1. The molecule has 3 aromatic carbocycles. The third kappa shape index (κ3) is 3.16. The lowest BCUT2D eigenvalue weighted by molar-refractivity contribution is 0.0696. The summed E-state index contributed by atoms with van der Waals surface area (Å²) in [7, 11) is 0. The van der Waals surface area contributed by atoms with Gasteiger partial charge in [0.25, 0.3) is 0 Å². The number of nitrogens with zero attached hydrogens (tertiary/aromatic N) is 1. The van der Waals surface area contributed by atoms with Crippen molar-refractivity contribution in [3.8, 4) is 0 Å². The maximum absolute atomic E-state index is 12.3. The zero-order chi connectivity index (χ0) is 18.8. The third-order valence-electron chi connectivity index (χ3n) is 4.21. The van der Waals surface area contributed by atoms with Crippen LogP contribution in [-0.2, 0) is 0 Å². The van der Waals surface area contributed by atoms with E-state index in [1.54, 1.807) is 24.3 Å². The summed E-state index contributed by atoms with van der Waals surface area (Å²) >= 11 is 0. The zero-order valence-corrected chi connectivity index (χ0v) is 14.0. The molecule has 0 unspecified atom stereocenters. The predicted octanol–water partition coefficient (Wildman–Crippen LogP) is 4.05. The molecule has 1 amide bonds. The number of hydrogen-bond donors (Lipinski definition) is 2. The molecule has 4 rings (SSSR count). The van der Waals surface area contributed by atoms with Gasteiger partial charge in [-0.3, -0.25) is 4.79 Å². The van der Waals surface area contributed by atoms with Crippen molar-refractivity contribution < 1.29 is 19.1 Å². The largest absolute Gasteiger partial charge is 0.478 e. The molecule has 0 saturated carbocycles. The van der Waals surface area contributed by atoms with E-state index in [4.69, 9.17) is 9.52 Å². The van der Waals surface area contributed by atoms with Gasteiger partial charge in [-0.25, -0.2) is 10.2 Å². The number of hydrogen-bond acceptors (Lipinski definition) is 4. The highest BCUT2D eigenvalue weighted by Gasteiger charge is 2.13. The number of hydrazone groups is 1. The van der Waals surface area contributed by atoms with Crippen molar-refractivity contribution in [2.75, 3.05) is 0 Å². The summed E-state index contributed by atoms with van der Waals surface area (Å²) < 4.78 is 5.62. The van der Waals surface area contributed by atoms with Crippen LogP contribution in [0.4, 0.5) is 0 Å². The first-order valence-corrected chi connectivity index (χ1v) is 8.20. The van der Waals surface area contributed by atoms with Crippen LogP contribution in [-0.4, -0.2) is 23.2 Å². The quantitative estimate of drug-likeness (QED) is 0.425. The maximum atomic E-state index is 12.3. The van der Waals surface area contributed by atoms with Gasteiger partial charge in [-0.1, -0.05) is 48.5 Å². The number of carbonyl (C=O) groups is 2. The van der Waals surface area contributed by atoms with Crippen LogP contribution in [0.25, 0.3) is 21.7 Å². The van der Waals surface area contributed by atoms with Crippen molar-refractivity contribution in [2.24, 2.45) is 5.10 Å². The van der Waals surface area contributed by atoms with Gasteiger partial charge in [0.2, 0.25) is 0 Å². The van der Waals surface area contributed by atoms with Crippen LogP contribution >= 0.6 is 0 Å². The fourth-order valence-corrected chi connectivity index (χ4v) is 2.92. The fraction of sp³-hybridized carbons (Fsp3) is 0. The molecule has 0 aliphatic carbocycles. The van der Waals surface area contributed by atoms with Crippen LogP contribution in [0.15, 0.2) is 76.2 Å². The highest BCUT2D eigenvalue weighted by Crippen LogP contribution is 2.28. The molecule has 1 aromatic heterocycles. The first kappa shape index (κ1) is 16.5. The lowest BCUT2D eigenvalue weighted by atomic mass is 10.1. The van der Waals surface area contributed by atoms with E-state index in [0.717, 1.165) is 16.2 Å². The monoisotopic (exact) mass is 358 g/mol. The normalized spacial score (nSPS) is 11.3. The van der Waals surface area contributed by atoms with Gasteiger partial charge in [0.1, 0.15) is 5.58 Å². The Hall–Kier alpha value is -3.93. The summed E-state index contributed by atoms with van der Waals surface area (Å²) in [5, 5.41) is 15.9. The molecule has 27 heavy (non-hydrogen) atoms. The van der Waals surface area contributed by atoms with E-state index in [9.17, 15) is 9.59 Å². The highest BCUT2D eigenvalue weighted by atomic mass is 16.4. The number of fused-ring (bicyclic) bond motifs is 3. The summed E-state index contributed by atoms with van der Waals surface area (Å²) in [5.41, 5.74) is 3.47. The number of carbonyl (C=O) groups excluding carboxylic acids is 1. The van der Waals surface area contributed by atoms with Crippen LogP contribution in [0.1, 0.15) is 26.5 Å². The van der Waals surface area contributed by atoms with Crippen molar-refractivity contribution in [1.82, 2.24) is 5.43 Å². The number of nitrogens with one attached hydrogen (secondary N) is 1. The molecule has 6 heteroatoms. The Labute approximate surface area is 153 Å². The van der Waals surface area contributed by atoms with Gasteiger partial charge in [0, 0.05) is 10.9 Å². The van der Waals surface area contributed by atoms with Gasteiger partial charge in [0.05, 0.1) is 11.8 Å². The molecule has 0 fully saturated rings. The Bertz CT molecular complexity index is 1210. The first-order valence-electron chi connectivity index (χ1n) is 8.20. The molecule has 4 aromatic rings. The van der Waals surface area contributed by atoms with Crippen molar-refractivity contribution in [3.05, 3.63) is 83.6 Å². The molecule has 132 valence electrons. The molecule has 1 heterocycles. The SMILES string of the molecule is O=C(N/N=C/c1ccccc1C(=O)O)c1cc2c(ccc3ccccc32)o1. The molecule has 0 aliphatic heterocycles. The highest BCUT2D eigenvalue weighted by molar-refractivity contribution is 6.08. The molecule has 0 spiro atoms. The average molecular weight is 358 g/mol. The second-order valence-corrected chi connectivity index (χ2v) is 5.90. The van der Waals surface area contributed by atoms with Crippen molar-refractivity contribution in [2.45, 2.75) is 0 Å². The van der Waals surface area contributed by atoms with Crippen LogP contribution in [0.5, 0.6) is 0 Å². The summed E-state index contributed by atoms with van der Waals surface area (Å²) in [5.74, 6) is -1.45. The van der Waals surface area contributed by atoms with Gasteiger partial charge in [-0.05, 0) is 29.0 Å². The summed E-state index contributed by atoms with van der Waals surface area (Å²) in [6.45, 7) is 0. The minimum absolute atomic E-state index is 0.103. The standard InChI is InChI=1S/C21H14N2O4/c24-20(23-22-12-14-6-2-4-8-16(14)21(25)26)19-11-17-15-7-3-1-5-13(15)9-10-18(17)27-19/h1-12H,(H,23,24)(H,25,26)/b22-12+. The minimum Gasteiger partial charge on any atom is -0.478 e. The number of benzene rings is 3. The molecular weight excluding hydrogens is 344 g/mol. The van der Waals surface area contributed by atoms with E-state index in [1.165, 1.54) is 12.3 Å². The fourth-order valence-electron chi connectivity index (χ4n) is 2.92. The van der Waals surface area contributed by atoms with Crippen LogP contribution in [0.2, 0.25) is 0 Å². The molecule has 0 saturated heterocycles. The van der Waals surface area contributed by atoms with E-state index in [2.05, 4.69) is 10.5 Å². The zero-order valence-electron chi connectivity index (χ0n) is 14.0. The first-order chi connectivity index (χ1) is 13.1. The van der Waals surface area contributed by atoms with Crippen molar-refractivity contribution >= 4 is 39.8 Å². The lowest BCUT2D eigenvalue weighted by Crippen LogP contribution is -2.17. The Morgan fingerprint density at radius 2 is 1.74 bits per heavy atom. The second-order valence-electron chi connectivity index (χ2n) is 5.90. The summed E-state index contributed by atoms with van der Waals surface area (Å²) in [4.78, 5) is 23.5. The van der Waals surface area contributed by atoms with E-state index in [0.29, 0.717) is 11.1 Å². The van der Waals surface area contributed by atoms with Gasteiger partial charge in [-0.15, -0.1) is 0 Å². The van der Waals surface area contributed by atoms with E-state index in [-0.39, 0.29) is 11.3 Å². The molecule has 0 aliphatic rings. The van der Waals surface area contributed by atoms with Crippen molar-refractivity contribution in [1.29, 1.82) is 0 Å². The van der Waals surface area contributed by atoms with Gasteiger partial charge in [-0.2, -0.15) is 5.10 Å². The van der Waals surface area contributed by atoms with E-state index < -0.39 is 11.9 Å². The molecule has 0 radical (unpaired) electrons. The Kier molecular flexibility index (Phi) is 4.14. The van der Waals surface area contributed by atoms with Crippen LogP contribution in [0, 0.1) is 0 Å². The van der Waals surface area contributed by atoms with Crippen molar-refractivity contribution in [3.63, 3.8) is 0 Å². The Morgan fingerprint density at radius 3 is 2.59 bits per heavy atom. The number of rotatable bonds is 4. The smallest absolute Gasteiger partial charge is 0.336 e. The summed E-state index contributed by atoms with van der Waals surface area (Å²) in [6.07, 6.45) is 1.29. The molecule has 2 N–H and O–H groups in total. The second kappa shape index (κ2) is 6.76. The number of carboxylic acids is 1. The number of furan rings is 1. The molecule has 6 nitrogen and oxygen atoms in total. The Balaban J connectivity index is 1.59. The van der Waals surface area contributed by atoms with Crippen LogP contribution in [0.3, 0.4) is 0 Å². The topological polar surface area (TPSA) is 91.9 Å². The van der Waals surface area contributed by atoms with E-state index >= 15 is 0 Å². The van der Waals surface area contributed by atoms with Gasteiger partial charge < -0.3 is 9.52 Å². The van der Waals surface area contributed by atoms with Gasteiger partial charge in [0.15, 0.2) is 5.76 Å². The maximum Gasteiger partial charge on any atom is 0.336 e. The van der Waals surface area contributed by atoms with Crippen LogP contribution < -0.4 is 5.43 Å². The lowest BCUT2D eigenvalue weighted by Gasteiger charge is -1.99. The molecule has 0 bridgehead atoms. The Morgan fingerprint density at radius 1 is 0.963 bits per heavy atom. The van der Waals surface area contributed by atoms with Gasteiger partial charge >= 0.3 is 11.9 Å². The third-order valence-corrected chi connectivity index (χ3v) is 4.21. The predicted molar refractivity (Wildman–Crippen MR) is 102 cm³/mol. The minimum atomic E-state index is -1.06. The number of carboxylic acid groups (broad SMARTS) is 1. The summed E-state index contributed by atoms with van der Waals surface area (Å²) in [6, 6.07) is 19.7. The number of aromatic carboxylic acids is 1.